The Morgan fingerprint density at radius 1 is 0.824 bits per heavy atom. The zero-order valence-electron chi connectivity index (χ0n) is 20.7. The maximum Gasteiger partial charge on any atom is 0.199 e. The van der Waals surface area contributed by atoms with Crippen molar-refractivity contribution in [2.75, 3.05) is 0 Å². The second kappa shape index (κ2) is 7.44. The summed E-state index contributed by atoms with van der Waals surface area (Å²) in [6.45, 7) is 11.9. The zero-order chi connectivity index (χ0) is 24.7. The van der Waals surface area contributed by atoms with Gasteiger partial charge in [0.15, 0.2) is 11.4 Å². The molecule has 0 saturated heterocycles. The lowest BCUT2D eigenvalue weighted by molar-refractivity contribution is 0.00253. The van der Waals surface area contributed by atoms with Crippen LogP contribution in [-0.2, 0) is 12.0 Å². The van der Waals surface area contributed by atoms with Gasteiger partial charge in [0.1, 0.15) is 11.5 Å². The van der Waals surface area contributed by atoms with Crippen LogP contribution in [0.3, 0.4) is 0 Å². The van der Waals surface area contributed by atoms with Crippen LogP contribution < -0.4 is 0 Å². The van der Waals surface area contributed by atoms with Gasteiger partial charge in [0.2, 0.25) is 0 Å². The molecule has 2 atom stereocenters. The van der Waals surface area contributed by atoms with Gasteiger partial charge in [-0.2, -0.15) is 0 Å². The van der Waals surface area contributed by atoms with E-state index in [-0.39, 0.29) is 23.3 Å². The summed E-state index contributed by atoms with van der Waals surface area (Å²) >= 11 is 0. The van der Waals surface area contributed by atoms with Crippen LogP contribution in [-0.4, -0.2) is 21.1 Å². The monoisotopic (exact) mass is 456 g/mol. The van der Waals surface area contributed by atoms with Gasteiger partial charge in [-0.1, -0.05) is 33.8 Å². The third-order valence-corrected chi connectivity index (χ3v) is 7.82. The number of phenols is 2. The normalized spacial score (nSPS) is 20.7. The fourth-order valence-electron chi connectivity index (χ4n) is 6.02. The third-order valence-electron chi connectivity index (χ3n) is 7.82. The summed E-state index contributed by atoms with van der Waals surface area (Å²) < 4.78 is 0. The molecule has 4 heteroatoms. The Hall–Kier alpha value is -3.11. The molecule has 3 N–H and O–H groups in total. The van der Waals surface area contributed by atoms with E-state index in [4.69, 9.17) is 0 Å². The van der Waals surface area contributed by atoms with Gasteiger partial charge >= 0.3 is 0 Å². The fourth-order valence-corrected chi connectivity index (χ4v) is 6.02. The van der Waals surface area contributed by atoms with Crippen molar-refractivity contribution < 1.29 is 20.1 Å². The molecule has 5 rings (SSSR count). The first-order valence-corrected chi connectivity index (χ1v) is 12.1. The summed E-state index contributed by atoms with van der Waals surface area (Å²) in [5.74, 6) is 0.0771. The molecular weight excluding hydrogens is 424 g/mol. The molecule has 176 valence electrons. The average molecular weight is 457 g/mol. The van der Waals surface area contributed by atoms with Gasteiger partial charge in [-0.15, -0.1) is 0 Å². The Kier molecular flexibility index (Phi) is 4.96. The van der Waals surface area contributed by atoms with Crippen molar-refractivity contribution in [3.8, 4) is 33.8 Å². The van der Waals surface area contributed by atoms with Crippen molar-refractivity contribution in [3.05, 3.63) is 69.8 Å². The highest BCUT2D eigenvalue weighted by molar-refractivity contribution is 6.13. The molecule has 0 fully saturated rings. The molecule has 2 aliphatic carbocycles. The second-order valence-corrected chi connectivity index (χ2v) is 10.8. The predicted molar refractivity (Wildman–Crippen MR) is 134 cm³/mol. The van der Waals surface area contributed by atoms with Crippen molar-refractivity contribution in [3.63, 3.8) is 0 Å². The standard InChI is InChI=1S/C30H32O4/c1-14(2)19-11-18-12-22-24(13-20(18)27-21(19)7-16(5)9-25(27)31)30(34,15(3)4)29(33)23-8-17(6)10-26(32)28(22)23/h7-10,12-15,19,31-32,34H,11H2,1-6H3. The zero-order valence-corrected chi connectivity index (χ0v) is 20.7. The Morgan fingerprint density at radius 2 is 1.44 bits per heavy atom. The minimum Gasteiger partial charge on any atom is -0.507 e. The number of hydrogen-bond acceptors (Lipinski definition) is 4. The quantitative estimate of drug-likeness (QED) is 0.418. The molecule has 0 aromatic heterocycles. The number of aryl methyl sites for hydroxylation is 2. The molecule has 0 spiro atoms. The first kappa shape index (κ1) is 22.7. The van der Waals surface area contributed by atoms with E-state index in [9.17, 15) is 20.1 Å². The summed E-state index contributed by atoms with van der Waals surface area (Å²) in [7, 11) is 0. The summed E-state index contributed by atoms with van der Waals surface area (Å²) in [6, 6.07) is 11.2. The first-order valence-electron chi connectivity index (χ1n) is 12.1. The highest BCUT2D eigenvalue weighted by Gasteiger charge is 2.49. The Morgan fingerprint density at radius 3 is 2.06 bits per heavy atom. The van der Waals surface area contributed by atoms with E-state index in [1.807, 2.05) is 39.8 Å². The van der Waals surface area contributed by atoms with E-state index in [2.05, 4.69) is 19.9 Å². The molecule has 0 radical (unpaired) electrons. The fraction of sp³-hybridized carbons (Fsp3) is 0.367. The van der Waals surface area contributed by atoms with E-state index in [0.29, 0.717) is 28.2 Å². The average Bonchev–Trinajstić information content (AvgIpc) is 2.74. The molecule has 0 saturated carbocycles. The number of carbonyl (C=O) groups excluding carboxylic acids is 1. The Bertz CT molecular complexity index is 1360. The van der Waals surface area contributed by atoms with Crippen molar-refractivity contribution in [2.45, 2.75) is 59.5 Å². The molecule has 0 bridgehead atoms. The third kappa shape index (κ3) is 2.98. The Balaban J connectivity index is 1.89. The Labute approximate surface area is 200 Å². The maximum atomic E-state index is 13.7. The number of hydrogen-bond donors (Lipinski definition) is 3. The predicted octanol–water partition coefficient (Wildman–Crippen LogP) is 6.38. The molecule has 0 heterocycles. The van der Waals surface area contributed by atoms with Gasteiger partial charge in [-0.25, -0.2) is 0 Å². The molecule has 2 unspecified atom stereocenters. The largest absolute Gasteiger partial charge is 0.507 e. The topological polar surface area (TPSA) is 77.8 Å². The lowest BCUT2D eigenvalue weighted by Crippen LogP contribution is -2.44. The maximum absolute atomic E-state index is 13.7. The van der Waals surface area contributed by atoms with E-state index in [1.165, 1.54) is 0 Å². The van der Waals surface area contributed by atoms with Crippen molar-refractivity contribution in [1.82, 2.24) is 0 Å². The molecule has 3 aromatic rings. The van der Waals surface area contributed by atoms with Crippen LogP contribution >= 0.6 is 0 Å². The van der Waals surface area contributed by atoms with Crippen LogP contribution in [0.1, 0.15) is 71.8 Å². The first-order chi connectivity index (χ1) is 15.9. The molecule has 0 aliphatic heterocycles. The number of ketones is 1. The molecule has 3 aromatic carbocycles. The van der Waals surface area contributed by atoms with E-state index < -0.39 is 11.4 Å². The molecular formula is C30H32O4. The van der Waals surface area contributed by atoms with Gasteiger partial charge in [-0.05, 0) is 102 Å². The van der Waals surface area contributed by atoms with E-state index >= 15 is 0 Å². The number of benzene rings is 3. The van der Waals surface area contributed by atoms with E-state index in [0.717, 1.165) is 39.8 Å². The summed E-state index contributed by atoms with van der Waals surface area (Å²) in [5, 5.41) is 33.9. The van der Waals surface area contributed by atoms with Gasteiger partial charge in [0.05, 0.1) is 0 Å². The van der Waals surface area contributed by atoms with Gasteiger partial charge in [-0.3, -0.25) is 4.79 Å². The number of aliphatic hydroxyl groups is 1. The second-order valence-electron chi connectivity index (χ2n) is 10.8. The van der Waals surface area contributed by atoms with Crippen LogP contribution in [0.25, 0.3) is 22.3 Å². The van der Waals surface area contributed by atoms with Crippen LogP contribution in [0.15, 0.2) is 36.4 Å². The number of Topliss-reactive ketones (excluding diaryl/α,β-unsaturated/α-hetero) is 1. The number of carbonyl (C=O) groups is 1. The molecule has 2 aliphatic rings. The van der Waals surface area contributed by atoms with E-state index in [1.54, 1.807) is 18.2 Å². The number of phenolic OH excluding ortho intramolecular Hbond substituents is 2. The van der Waals surface area contributed by atoms with Crippen molar-refractivity contribution in [2.24, 2.45) is 11.8 Å². The van der Waals surface area contributed by atoms with Crippen LogP contribution in [0.5, 0.6) is 11.5 Å². The number of aromatic hydroxyl groups is 2. The van der Waals surface area contributed by atoms with Crippen LogP contribution in [0.4, 0.5) is 0 Å². The van der Waals surface area contributed by atoms with Crippen molar-refractivity contribution in [1.29, 1.82) is 0 Å². The number of rotatable bonds is 2. The minimum atomic E-state index is -1.73. The minimum absolute atomic E-state index is 0.0467. The highest BCUT2D eigenvalue weighted by atomic mass is 16.3. The molecule has 4 nitrogen and oxygen atoms in total. The SMILES string of the molecule is Cc1cc(O)c2c(c1)C(=O)C(O)(C(C)C)c1cc3c(cc1-2)CC(C(C)C)c1cc(C)cc(O)c1-3. The molecule has 0 amide bonds. The van der Waals surface area contributed by atoms with Gasteiger partial charge in [0.25, 0.3) is 0 Å². The lowest BCUT2D eigenvalue weighted by Gasteiger charge is -2.40. The molecule has 34 heavy (non-hydrogen) atoms. The smallest absolute Gasteiger partial charge is 0.199 e. The summed E-state index contributed by atoms with van der Waals surface area (Å²) in [5.41, 5.74) is 5.87. The van der Waals surface area contributed by atoms with Crippen LogP contribution in [0, 0.1) is 25.7 Å². The van der Waals surface area contributed by atoms with Gasteiger partial charge in [0, 0.05) is 22.3 Å². The van der Waals surface area contributed by atoms with Gasteiger partial charge < -0.3 is 15.3 Å². The summed E-state index contributed by atoms with van der Waals surface area (Å²) in [4.78, 5) is 13.7. The lowest BCUT2D eigenvalue weighted by atomic mass is 9.66. The van der Waals surface area contributed by atoms with Crippen molar-refractivity contribution >= 4 is 5.78 Å². The number of fused-ring (bicyclic) bond motifs is 6. The van der Waals surface area contributed by atoms with Crippen LogP contribution in [0.2, 0.25) is 0 Å². The summed E-state index contributed by atoms with van der Waals surface area (Å²) in [6.07, 6.45) is 0.784. The highest BCUT2D eigenvalue weighted by Crippen LogP contribution is 2.54.